The van der Waals surface area contributed by atoms with E-state index in [0.717, 1.165) is 5.56 Å². The van der Waals surface area contributed by atoms with Gasteiger partial charge in [0.15, 0.2) is 5.84 Å². The van der Waals surface area contributed by atoms with Crippen LogP contribution >= 0.6 is 0 Å². The fraction of sp³-hybridized carbons (Fsp3) is 0.538. The summed E-state index contributed by atoms with van der Waals surface area (Å²) in [5.41, 5.74) is 6.12. The van der Waals surface area contributed by atoms with Crippen LogP contribution in [0.2, 0.25) is 0 Å². The van der Waals surface area contributed by atoms with Gasteiger partial charge in [-0.3, -0.25) is 4.98 Å². The number of pyridine rings is 1. The number of hydrogen-bond acceptors (Lipinski definition) is 6. The Labute approximate surface area is 117 Å². The number of nitrogens with zero attached hydrogens (tertiary/aromatic N) is 2. The number of nitrogens with two attached hydrogens (primary N) is 1. The van der Waals surface area contributed by atoms with Crippen LogP contribution in [0, 0.1) is 0 Å². The molecule has 1 aliphatic rings. The molecule has 0 saturated carbocycles. The van der Waals surface area contributed by atoms with Crippen LogP contribution in [0.1, 0.15) is 24.1 Å². The number of ether oxygens (including phenoxy) is 1. The molecule has 20 heavy (non-hydrogen) atoms. The maximum absolute atomic E-state index is 10.3. The van der Waals surface area contributed by atoms with Crippen LogP contribution in [0.5, 0.6) is 0 Å². The third kappa shape index (κ3) is 3.66. The molecule has 5 N–H and O–H groups in total. The Kier molecular flexibility index (Phi) is 4.89. The molecule has 0 bridgehead atoms. The molecule has 0 unspecified atom stereocenters. The lowest BCUT2D eigenvalue weighted by atomic mass is 9.94. The first kappa shape index (κ1) is 14.7. The van der Waals surface area contributed by atoms with Crippen LogP contribution in [0.4, 0.5) is 0 Å². The van der Waals surface area contributed by atoms with E-state index in [-0.39, 0.29) is 5.84 Å². The van der Waals surface area contributed by atoms with Crippen molar-refractivity contribution in [1.82, 2.24) is 10.3 Å². The van der Waals surface area contributed by atoms with Crippen molar-refractivity contribution in [2.24, 2.45) is 10.9 Å². The van der Waals surface area contributed by atoms with Gasteiger partial charge in [-0.1, -0.05) is 11.2 Å². The second-order valence-electron chi connectivity index (χ2n) is 4.94. The number of oxime groups is 1. The summed E-state index contributed by atoms with van der Waals surface area (Å²) in [5.74, 6) is -0.0211. The summed E-state index contributed by atoms with van der Waals surface area (Å²) in [7, 11) is 0. The van der Waals surface area contributed by atoms with Crippen LogP contribution in [-0.4, -0.2) is 46.5 Å². The van der Waals surface area contributed by atoms with Crippen molar-refractivity contribution in [1.29, 1.82) is 0 Å². The van der Waals surface area contributed by atoms with E-state index >= 15 is 0 Å². The van der Waals surface area contributed by atoms with Crippen molar-refractivity contribution < 1.29 is 15.1 Å². The van der Waals surface area contributed by atoms with E-state index in [4.69, 9.17) is 15.7 Å². The lowest BCUT2D eigenvalue weighted by molar-refractivity contribution is -0.0617. The normalized spacial score (nSPS) is 18.9. The zero-order valence-corrected chi connectivity index (χ0v) is 11.2. The average molecular weight is 280 g/mol. The summed E-state index contributed by atoms with van der Waals surface area (Å²) < 4.78 is 5.24. The van der Waals surface area contributed by atoms with Gasteiger partial charge >= 0.3 is 0 Å². The fourth-order valence-corrected chi connectivity index (χ4v) is 2.22. The molecule has 2 rings (SSSR count). The smallest absolute Gasteiger partial charge is 0.189 e. The van der Waals surface area contributed by atoms with Gasteiger partial charge in [0, 0.05) is 45.3 Å². The Morgan fingerprint density at radius 1 is 1.50 bits per heavy atom. The number of hydrogen-bond donors (Lipinski definition) is 4. The SMILES string of the molecule is N/C(=N/O)c1ncccc1CNCC1(O)CCOCC1. The molecular formula is C13H20N4O3. The molecule has 7 nitrogen and oxygen atoms in total. The maximum atomic E-state index is 10.3. The van der Waals surface area contributed by atoms with Gasteiger partial charge in [-0.05, 0) is 11.6 Å². The van der Waals surface area contributed by atoms with E-state index in [1.54, 1.807) is 12.3 Å². The van der Waals surface area contributed by atoms with E-state index in [2.05, 4.69) is 15.5 Å². The molecule has 1 aliphatic heterocycles. The monoisotopic (exact) mass is 280 g/mol. The molecule has 1 aromatic heterocycles. The molecule has 1 aromatic rings. The van der Waals surface area contributed by atoms with Crippen molar-refractivity contribution in [2.75, 3.05) is 19.8 Å². The maximum Gasteiger partial charge on any atom is 0.189 e. The van der Waals surface area contributed by atoms with Crippen LogP contribution < -0.4 is 11.1 Å². The molecule has 0 atom stereocenters. The Hall–Kier alpha value is -1.70. The van der Waals surface area contributed by atoms with Gasteiger partial charge in [0.25, 0.3) is 0 Å². The first-order valence-electron chi connectivity index (χ1n) is 6.57. The number of rotatable bonds is 5. The summed E-state index contributed by atoms with van der Waals surface area (Å²) in [4.78, 5) is 4.09. The van der Waals surface area contributed by atoms with Crippen molar-refractivity contribution in [3.8, 4) is 0 Å². The predicted molar refractivity (Wildman–Crippen MR) is 73.5 cm³/mol. The molecule has 1 saturated heterocycles. The van der Waals surface area contributed by atoms with Crippen molar-refractivity contribution >= 4 is 5.84 Å². The van der Waals surface area contributed by atoms with Crippen molar-refractivity contribution in [2.45, 2.75) is 25.0 Å². The fourth-order valence-electron chi connectivity index (χ4n) is 2.22. The highest BCUT2D eigenvalue weighted by Crippen LogP contribution is 2.19. The third-order valence-corrected chi connectivity index (χ3v) is 3.43. The molecule has 1 fully saturated rings. The molecular weight excluding hydrogens is 260 g/mol. The number of aliphatic hydroxyl groups is 1. The van der Waals surface area contributed by atoms with Crippen molar-refractivity contribution in [3.63, 3.8) is 0 Å². The highest BCUT2D eigenvalue weighted by Gasteiger charge is 2.29. The summed E-state index contributed by atoms with van der Waals surface area (Å²) in [6.07, 6.45) is 2.84. The molecule has 7 heteroatoms. The molecule has 110 valence electrons. The highest BCUT2D eigenvalue weighted by molar-refractivity contribution is 5.96. The Morgan fingerprint density at radius 2 is 2.25 bits per heavy atom. The highest BCUT2D eigenvalue weighted by atomic mass is 16.5. The molecule has 0 aromatic carbocycles. The summed E-state index contributed by atoms with van der Waals surface area (Å²) >= 11 is 0. The molecule has 0 spiro atoms. The molecule has 0 amide bonds. The lowest BCUT2D eigenvalue weighted by Gasteiger charge is -2.32. The number of nitrogens with one attached hydrogen (secondary N) is 1. The summed E-state index contributed by atoms with van der Waals surface area (Å²) in [5, 5.41) is 25.2. The Balaban J connectivity index is 1.94. The minimum absolute atomic E-state index is 0.0211. The minimum atomic E-state index is -0.725. The van der Waals surface area contributed by atoms with E-state index < -0.39 is 5.60 Å². The second kappa shape index (κ2) is 6.65. The standard InChI is InChI=1S/C13H20N4O3/c14-12(17-19)11-10(2-1-5-16-11)8-15-9-13(18)3-6-20-7-4-13/h1-2,5,15,18-19H,3-4,6-9H2,(H2,14,17). The van der Waals surface area contributed by atoms with Crippen LogP contribution in [0.3, 0.4) is 0 Å². The zero-order chi connectivity index (χ0) is 14.4. The largest absolute Gasteiger partial charge is 0.409 e. The summed E-state index contributed by atoms with van der Waals surface area (Å²) in [6, 6.07) is 3.63. The Morgan fingerprint density at radius 3 is 2.95 bits per heavy atom. The first-order valence-corrected chi connectivity index (χ1v) is 6.57. The van der Waals surface area contributed by atoms with Crippen LogP contribution in [0.25, 0.3) is 0 Å². The Bertz CT molecular complexity index is 472. The third-order valence-electron chi connectivity index (χ3n) is 3.43. The molecule has 2 heterocycles. The molecule has 0 aliphatic carbocycles. The van der Waals surface area contributed by atoms with Gasteiger partial charge in [-0.2, -0.15) is 0 Å². The van der Waals surface area contributed by atoms with Crippen molar-refractivity contribution in [3.05, 3.63) is 29.6 Å². The lowest BCUT2D eigenvalue weighted by Crippen LogP contribution is -2.44. The number of amidine groups is 1. The van der Waals surface area contributed by atoms with E-state index in [1.165, 1.54) is 0 Å². The second-order valence-corrected chi connectivity index (χ2v) is 4.94. The summed E-state index contributed by atoms with van der Waals surface area (Å²) in [6.45, 7) is 2.13. The van der Waals surface area contributed by atoms with Gasteiger partial charge in [0.2, 0.25) is 0 Å². The number of aromatic nitrogens is 1. The van der Waals surface area contributed by atoms with Gasteiger partial charge < -0.3 is 26.1 Å². The van der Waals surface area contributed by atoms with E-state index in [1.807, 2.05) is 6.07 Å². The van der Waals surface area contributed by atoms with Gasteiger partial charge in [-0.25, -0.2) is 0 Å². The zero-order valence-electron chi connectivity index (χ0n) is 11.2. The quantitative estimate of drug-likeness (QED) is 0.257. The first-order chi connectivity index (χ1) is 9.64. The van der Waals surface area contributed by atoms with E-state index in [0.29, 0.717) is 44.8 Å². The predicted octanol–water partition coefficient (Wildman–Crippen LogP) is -0.193. The minimum Gasteiger partial charge on any atom is -0.409 e. The van der Waals surface area contributed by atoms with Gasteiger partial charge in [0.1, 0.15) is 5.69 Å². The average Bonchev–Trinajstić information content (AvgIpc) is 2.47. The van der Waals surface area contributed by atoms with E-state index in [9.17, 15) is 5.11 Å². The molecule has 0 radical (unpaired) electrons. The van der Waals surface area contributed by atoms with Gasteiger partial charge in [-0.15, -0.1) is 0 Å². The topological polar surface area (TPSA) is 113 Å². The van der Waals surface area contributed by atoms with Gasteiger partial charge in [0.05, 0.1) is 5.60 Å². The van der Waals surface area contributed by atoms with Crippen LogP contribution in [-0.2, 0) is 11.3 Å². The van der Waals surface area contributed by atoms with Crippen LogP contribution in [0.15, 0.2) is 23.5 Å².